The Kier molecular flexibility index (Phi) is 3.89. The van der Waals surface area contributed by atoms with E-state index in [0.29, 0.717) is 6.54 Å². The van der Waals surface area contributed by atoms with E-state index in [1.165, 1.54) is 0 Å². The molecular formula is C23H22N2O. The lowest BCUT2D eigenvalue weighted by Crippen LogP contribution is -2.45. The van der Waals surface area contributed by atoms with Gasteiger partial charge < -0.3 is 5.73 Å². The molecule has 1 fully saturated rings. The van der Waals surface area contributed by atoms with Crippen molar-refractivity contribution >= 4 is 5.91 Å². The molecule has 0 spiro atoms. The monoisotopic (exact) mass is 342 g/mol. The molecule has 3 aromatic rings. The van der Waals surface area contributed by atoms with E-state index in [4.69, 9.17) is 5.73 Å². The van der Waals surface area contributed by atoms with Crippen LogP contribution < -0.4 is 5.73 Å². The van der Waals surface area contributed by atoms with Crippen LogP contribution in [0.3, 0.4) is 0 Å². The second-order valence-electron chi connectivity index (χ2n) is 7.03. The second kappa shape index (κ2) is 6.11. The number of benzene rings is 3. The molecule has 0 aliphatic carbocycles. The smallest absolute Gasteiger partial charge is 0.239 e. The molecule has 1 aliphatic heterocycles. The van der Waals surface area contributed by atoms with Gasteiger partial charge in [-0.05, 0) is 23.6 Å². The van der Waals surface area contributed by atoms with Crippen molar-refractivity contribution in [1.82, 2.24) is 4.90 Å². The molecule has 2 atom stereocenters. The van der Waals surface area contributed by atoms with Crippen LogP contribution in [0.25, 0.3) is 0 Å². The Morgan fingerprint density at radius 3 is 1.42 bits per heavy atom. The van der Waals surface area contributed by atoms with E-state index < -0.39 is 11.1 Å². The molecule has 1 amide bonds. The molecule has 4 rings (SSSR count). The zero-order valence-corrected chi connectivity index (χ0v) is 14.8. The third kappa shape index (κ3) is 2.36. The summed E-state index contributed by atoms with van der Waals surface area (Å²) in [5.41, 5.74) is 7.93. The molecular weight excluding hydrogens is 320 g/mol. The Morgan fingerprint density at radius 1 is 0.808 bits per heavy atom. The molecule has 3 heteroatoms. The van der Waals surface area contributed by atoms with Crippen molar-refractivity contribution in [3.8, 4) is 0 Å². The van der Waals surface area contributed by atoms with E-state index in [-0.39, 0.29) is 5.91 Å². The molecule has 2 unspecified atom stereocenters. The van der Waals surface area contributed by atoms with Crippen LogP contribution in [0.4, 0.5) is 0 Å². The SMILES string of the molecule is CC1(C(N)=O)CN1C(c1ccccc1)(c1ccccc1)c1ccccc1. The van der Waals surface area contributed by atoms with E-state index in [9.17, 15) is 4.79 Å². The first-order valence-electron chi connectivity index (χ1n) is 8.84. The van der Waals surface area contributed by atoms with Crippen molar-refractivity contribution in [1.29, 1.82) is 0 Å². The molecule has 1 aliphatic rings. The second-order valence-corrected chi connectivity index (χ2v) is 7.03. The lowest BCUT2D eigenvalue weighted by molar-refractivity contribution is -0.121. The Bertz CT molecular complexity index is 812. The van der Waals surface area contributed by atoms with Crippen molar-refractivity contribution in [2.24, 2.45) is 5.73 Å². The molecule has 0 bridgehead atoms. The van der Waals surface area contributed by atoms with Gasteiger partial charge in [0.2, 0.25) is 5.91 Å². The average molecular weight is 342 g/mol. The van der Waals surface area contributed by atoms with Crippen molar-refractivity contribution in [3.05, 3.63) is 108 Å². The van der Waals surface area contributed by atoms with E-state index in [1.807, 2.05) is 61.5 Å². The van der Waals surface area contributed by atoms with Crippen molar-refractivity contribution in [3.63, 3.8) is 0 Å². The predicted molar refractivity (Wildman–Crippen MR) is 104 cm³/mol. The number of carbonyl (C=O) groups excluding carboxylic acids is 1. The molecule has 2 N–H and O–H groups in total. The van der Waals surface area contributed by atoms with Gasteiger partial charge >= 0.3 is 0 Å². The van der Waals surface area contributed by atoms with Gasteiger partial charge in [0, 0.05) is 6.54 Å². The number of primary amides is 1. The van der Waals surface area contributed by atoms with Crippen LogP contribution in [-0.4, -0.2) is 22.9 Å². The first-order chi connectivity index (χ1) is 12.6. The maximum atomic E-state index is 12.2. The summed E-state index contributed by atoms with van der Waals surface area (Å²) in [6.45, 7) is 2.56. The maximum Gasteiger partial charge on any atom is 0.239 e. The van der Waals surface area contributed by atoms with Gasteiger partial charge in [-0.3, -0.25) is 9.69 Å². The Hall–Kier alpha value is -2.91. The van der Waals surface area contributed by atoms with Gasteiger partial charge in [0.1, 0.15) is 5.54 Å². The standard InChI is InChI=1S/C23H22N2O/c1-22(21(24)26)17-25(22)23(18-11-5-2-6-12-18,19-13-7-3-8-14-19)20-15-9-4-10-16-20/h2-16H,17H2,1H3,(H2,24,26). The number of nitrogens with two attached hydrogens (primary N) is 1. The van der Waals surface area contributed by atoms with E-state index in [2.05, 4.69) is 41.3 Å². The van der Waals surface area contributed by atoms with Crippen LogP contribution in [0.1, 0.15) is 23.6 Å². The predicted octanol–water partition coefficient (Wildman–Crippen LogP) is 3.54. The summed E-state index contributed by atoms with van der Waals surface area (Å²) in [4.78, 5) is 14.4. The van der Waals surface area contributed by atoms with Gasteiger partial charge in [-0.2, -0.15) is 0 Å². The molecule has 3 aromatic carbocycles. The minimum absolute atomic E-state index is 0.287. The minimum Gasteiger partial charge on any atom is -0.368 e. The topological polar surface area (TPSA) is 46.1 Å². The first-order valence-corrected chi connectivity index (χ1v) is 8.84. The van der Waals surface area contributed by atoms with Crippen molar-refractivity contribution in [2.75, 3.05) is 6.54 Å². The summed E-state index contributed by atoms with van der Waals surface area (Å²) < 4.78 is 0. The molecule has 0 radical (unpaired) electrons. The quantitative estimate of drug-likeness (QED) is 0.569. The number of hydrogen-bond acceptors (Lipinski definition) is 2. The number of hydrogen-bond donors (Lipinski definition) is 1. The van der Waals surface area contributed by atoms with E-state index >= 15 is 0 Å². The van der Waals surface area contributed by atoms with Crippen LogP contribution in [0.5, 0.6) is 0 Å². The van der Waals surface area contributed by atoms with E-state index in [0.717, 1.165) is 16.7 Å². The summed E-state index contributed by atoms with van der Waals surface area (Å²) in [7, 11) is 0. The molecule has 0 aromatic heterocycles. The summed E-state index contributed by atoms with van der Waals surface area (Å²) in [6, 6.07) is 31.0. The molecule has 3 nitrogen and oxygen atoms in total. The van der Waals surface area contributed by atoms with Crippen molar-refractivity contribution in [2.45, 2.75) is 18.0 Å². The highest BCUT2D eigenvalue weighted by molar-refractivity contribution is 5.88. The van der Waals surface area contributed by atoms with Gasteiger partial charge in [-0.1, -0.05) is 91.0 Å². The number of carbonyl (C=O) groups is 1. The highest BCUT2D eigenvalue weighted by Gasteiger charge is 2.63. The molecule has 26 heavy (non-hydrogen) atoms. The average Bonchev–Trinajstić information content (AvgIpc) is 3.39. The fraction of sp³-hybridized carbons (Fsp3) is 0.174. The highest BCUT2D eigenvalue weighted by atomic mass is 16.2. The Balaban J connectivity index is 2.04. The normalized spacial score (nSPS) is 22.0. The van der Waals surface area contributed by atoms with Gasteiger partial charge in [-0.15, -0.1) is 0 Å². The minimum atomic E-state index is -0.665. The zero-order valence-electron chi connectivity index (χ0n) is 14.8. The van der Waals surface area contributed by atoms with Gasteiger partial charge in [-0.25, -0.2) is 0 Å². The molecule has 0 saturated carbocycles. The Labute approximate surface area is 154 Å². The summed E-state index contributed by atoms with van der Waals surface area (Å²) >= 11 is 0. The van der Waals surface area contributed by atoms with Crippen LogP contribution >= 0.6 is 0 Å². The largest absolute Gasteiger partial charge is 0.368 e. The third-order valence-electron chi connectivity index (χ3n) is 5.47. The lowest BCUT2D eigenvalue weighted by atomic mass is 9.76. The molecule has 1 saturated heterocycles. The van der Waals surface area contributed by atoms with Gasteiger partial charge in [0.15, 0.2) is 0 Å². The molecule has 130 valence electrons. The zero-order chi connectivity index (χ0) is 18.2. The molecule has 1 heterocycles. The summed E-state index contributed by atoms with van der Waals surface area (Å²) in [5, 5.41) is 0. The summed E-state index contributed by atoms with van der Waals surface area (Å²) in [5.74, 6) is -0.287. The first kappa shape index (κ1) is 16.6. The van der Waals surface area contributed by atoms with Crippen LogP contribution in [0.2, 0.25) is 0 Å². The van der Waals surface area contributed by atoms with Crippen molar-refractivity contribution < 1.29 is 4.79 Å². The fourth-order valence-electron chi connectivity index (χ4n) is 3.98. The van der Waals surface area contributed by atoms with Gasteiger partial charge in [0.05, 0.1) is 5.54 Å². The third-order valence-corrected chi connectivity index (χ3v) is 5.47. The van der Waals surface area contributed by atoms with Crippen LogP contribution in [0, 0.1) is 0 Å². The number of rotatable bonds is 5. The highest BCUT2D eigenvalue weighted by Crippen LogP contribution is 2.52. The summed E-state index contributed by atoms with van der Waals surface area (Å²) in [6.07, 6.45) is 0. The number of amides is 1. The van der Waals surface area contributed by atoms with Gasteiger partial charge in [0.25, 0.3) is 0 Å². The lowest BCUT2D eigenvalue weighted by Gasteiger charge is -2.39. The maximum absolute atomic E-state index is 12.2. The fourth-order valence-corrected chi connectivity index (χ4v) is 3.98. The van der Waals surface area contributed by atoms with Crippen LogP contribution in [0.15, 0.2) is 91.0 Å². The van der Waals surface area contributed by atoms with E-state index in [1.54, 1.807) is 0 Å². The number of nitrogens with zero attached hydrogens (tertiary/aromatic N) is 1. The van der Waals surface area contributed by atoms with Crippen LogP contribution in [-0.2, 0) is 10.3 Å². The Morgan fingerprint density at radius 2 is 1.15 bits per heavy atom.